The number of anilines is 1. The van der Waals surface area contributed by atoms with E-state index in [1.165, 1.54) is 0 Å². The number of hydrogen-bond acceptors (Lipinski definition) is 6. The summed E-state index contributed by atoms with van der Waals surface area (Å²) in [6.07, 6.45) is 4.11. The van der Waals surface area contributed by atoms with Crippen LogP contribution in [0, 0.1) is 6.92 Å². The number of hydrogen-bond donors (Lipinski definition) is 1. The molecular formula is C20H21N3O4. The summed E-state index contributed by atoms with van der Waals surface area (Å²) in [5.74, 6) is 3.06. The van der Waals surface area contributed by atoms with Crippen molar-refractivity contribution in [2.45, 2.75) is 19.8 Å². The molecule has 0 spiro atoms. The molecule has 1 aromatic carbocycles. The molecule has 3 rings (SSSR count). The Morgan fingerprint density at radius 3 is 2.52 bits per heavy atom. The van der Waals surface area contributed by atoms with Gasteiger partial charge in [0.1, 0.15) is 23.0 Å². The highest BCUT2D eigenvalue weighted by atomic mass is 16.5. The van der Waals surface area contributed by atoms with Gasteiger partial charge in [0.25, 0.3) is 0 Å². The van der Waals surface area contributed by atoms with Crippen molar-refractivity contribution >= 4 is 11.9 Å². The SMILES string of the molecule is COc1ccc(-c2cnc(NC(=O)CCc3ccc(C)o3)nc2)c(OC)c1. The molecule has 0 bridgehead atoms. The number of carbonyl (C=O) groups is 1. The first kappa shape index (κ1) is 18.4. The molecule has 7 nitrogen and oxygen atoms in total. The van der Waals surface area contributed by atoms with Gasteiger partial charge in [0.2, 0.25) is 11.9 Å². The molecule has 2 aromatic heterocycles. The number of carbonyl (C=O) groups excluding carboxylic acids is 1. The van der Waals surface area contributed by atoms with E-state index in [1.54, 1.807) is 32.7 Å². The van der Waals surface area contributed by atoms with Gasteiger partial charge in [-0.15, -0.1) is 0 Å². The number of nitrogens with one attached hydrogen (secondary N) is 1. The lowest BCUT2D eigenvalue weighted by Crippen LogP contribution is -2.14. The minimum atomic E-state index is -0.168. The summed E-state index contributed by atoms with van der Waals surface area (Å²) in [6.45, 7) is 1.87. The highest BCUT2D eigenvalue weighted by Crippen LogP contribution is 2.32. The molecular weight excluding hydrogens is 346 g/mol. The third kappa shape index (κ3) is 4.63. The van der Waals surface area contributed by atoms with E-state index in [4.69, 9.17) is 13.9 Å². The molecule has 0 saturated carbocycles. The number of nitrogens with zero attached hydrogens (tertiary/aromatic N) is 2. The van der Waals surface area contributed by atoms with Crippen molar-refractivity contribution < 1.29 is 18.7 Å². The Morgan fingerprint density at radius 1 is 1.11 bits per heavy atom. The monoisotopic (exact) mass is 367 g/mol. The smallest absolute Gasteiger partial charge is 0.229 e. The lowest BCUT2D eigenvalue weighted by Gasteiger charge is -2.10. The third-order valence-corrected chi connectivity index (χ3v) is 4.02. The first-order valence-electron chi connectivity index (χ1n) is 8.48. The molecule has 0 saturated heterocycles. The summed E-state index contributed by atoms with van der Waals surface area (Å²) < 4.78 is 16.1. The molecule has 0 radical (unpaired) electrons. The number of methoxy groups -OCH3 is 2. The molecule has 7 heteroatoms. The summed E-state index contributed by atoms with van der Waals surface area (Å²) in [7, 11) is 3.19. The topological polar surface area (TPSA) is 86.5 Å². The maximum absolute atomic E-state index is 12.1. The first-order chi connectivity index (χ1) is 13.1. The first-order valence-corrected chi connectivity index (χ1v) is 8.48. The van der Waals surface area contributed by atoms with Crippen LogP contribution in [-0.2, 0) is 11.2 Å². The van der Waals surface area contributed by atoms with Crippen LogP contribution >= 0.6 is 0 Å². The van der Waals surface area contributed by atoms with Crippen LogP contribution in [0.1, 0.15) is 17.9 Å². The molecule has 0 unspecified atom stereocenters. The number of aryl methyl sites for hydroxylation is 2. The van der Waals surface area contributed by atoms with Crippen molar-refractivity contribution in [2.24, 2.45) is 0 Å². The fourth-order valence-electron chi connectivity index (χ4n) is 2.61. The molecule has 0 aliphatic rings. The quantitative estimate of drug-likeness (QED) is 0.686. The van der Waals surface area contributed by atoms with Gasteiger partial charge < -0.3 is 13.9 Å². The normalized spacial score (nSPS) is 10.5. The molecule has 0 aliphatic heterocycles. The Balaban J connectivity index is 1.64. The van der Waals surface area contributed by atoms with E-state index in [0.717, 1.165) is 22.6 Å². The van der Waals surface area contributed by atoms with Gasteiger partial charge in [-0.25, -0.2) is 9.97 Å². The largest absolute Gasteiger partial charge is 0.497 e. The Morgan fingerprint density at radius 2 is 1.89 bits per heavy atom. The molecule has 1 N–H and O–H groups in total. The predicted octanol–water partition coefficient (Wildman–Crippen LogP) is 3.63. The van der Waals surface area contributed by atoms with E-state index < -0.39 is 0 Å². The van der Waals surface area contributed by atoms with E-state index in [9.17, 15) is 4.79 Å². The zero-order valence-corrected chi connectivity index (χ0v) is 15.5. The van der Waals surface area contributed by atoms with Crippen LogP contribution in [0.3, 0.4) is 0 Å². The number of rotatable bonds is 7. The van der Waals surface area contributed by atoms with Gasteiger partial charge in [-0.05, 0) is 31.2 Å². The second kappa shape index (κ2) is 8.35. The average Bonchev–Trinajstić information content (AvgIpc) is 3.12. The van der Waals surface area contributed by atoms with Gasteiger partial charge in [0.05, 0.1) is 14.2 Å². The van der Waals surface area contributed by atoms with Crippen LogP contribution < -0.4 is 14.8 Å². The second-order valence-corrected chi connectivity index (χ2v) is 5.92. The number of ether oxygens (including phenoxy) is 2. The van der Waals surface area contributed by atoms with E-state index in [-0.39, 0.29) is 11.9 Å². The Bertz CT molecular complexity index is 919. The molecule has 27 heavy (non-hydrogen) atoms. The fraction of sp³-hybridized carbons (Fsp3) is 0.250. The standard InChI is InChI=1S/C20H21N3O4/c1-13-4-5-15(27-13)7-9-19(24)23-20-21-11-14(12-22-20)17-8-6-16(25-2)10-18(17)26-3/h4-6,8,10-12H,7,9H2,1-3H3,(H,21,22,23,24). The zero-order chi connectivity index (χ0) is 19.2. The molecule has 3 aromatic rings. The lowest BCUT2D eigenvalue weighted by atomic mass is 10.1. The van der Waals surface area contributed by atoms with Crippen molar-refractivity contribution in [2.75, 3.05) is 19.5 Å². The van der Waals surface area contributed by atoms with Crippen molar-refractivity contribution in [3.05, 3.63) is 54.2 Å². The maximum atomic E-state index is 12.1. The molecule has 0 atom stereocenters. The number of aromatic nitrogens is 2. The fourth-order valence-corrected chi connectivity index (χ4v) is 2.61. The van der Waals surface area contributed by atoms with Gasteiger partial charge in [-0.2, -0.15) is 0 Å². The number of benzene rings is 1. The summed E-state index contributed by atoms with van der Waals surface area (Å²) in [5, 5.41) is 2.69. The summed E-state index contributed by atoms with van der Waals surface area (Å²) in [5.41, 5.74) is 1.61. The average molecular weight is 367 g/mol. The Kier molecular flexibility index (Phi) is 5.71. The maximum Gasteiger partial charge on any atom is 0.229 e. The molecule has 2 heterocycles. The predicted molar refractivity (Wildman–Crippen MR) is 101 cm³/mol. The number of amides is 1. The molecule has 0 fully saturated rings. The van der Waals surface area contributed by atoms with Crippen LogP contribution in [0.2, 0.25) is 0 Å². The van der Waals surface area contributed by atoms with E-state index in [1.807, 2.05) is 31.2 Å². The van der Waals surface area contributed by atoms with Crippen LogP contribution in [0.4, 0.5) is 5.95 Å². The highest BCUT2D eigenvalue weighted by Gasteiger charge is 2.10. The van der Waals surface area contributed by atoms with Crippen molar-refractivity contribution in [1.29, 1.82) is 0 Å². The molecule has 0 aliphatic carbocycles. The van der Waals surface area contributed by atoms with Crippen molar-refractivity contribution in [3.8, 4) is 22.6 Å². The van der Waals surface area contributed by atoms with Gasteiger partial charge in [0.15, 0.2) is 0 Å². The van der Waals surface area contributed by atoms with Crippen LogP contribution in [0.25, 0.3) is 11.1 Å². The van der Waals surface area contributed by atoms with E-state index in [0.29, 0.717) is 24.3 Å². The minimum absolute atomic E-state index is 0.168. The van der Waals surface area contributed by atoms with Gasteiger partial charge in [-0.3, -0.25) is 10.1 Å². The second-order valence-electron chi connectivity index (χ2n) is 5.92. The highest BCUT2D eigenvalue weighted by molar-refractivity contribution is 5.89. The summed E-state index contributed by atoms with van der Waals surface area (Å²) in [4.78, 5) is 20.5. The van der Waals surface area contributed by atoms with E-state index in [2.05, 4.69) is 15.3 Å². The van der Waals surface area contributed by atoms with Crippen LogP contribution in [0.15, 0.2) is 47.1 Å². The van der Waals surface area contributed by atoms with Gasteiger partial charge in [0, 0.05) is 42.4 Å². The Labute approximate surface area is 157 Å². The number of furan rings is 1. The van der Waals surface area contributed by atoms with Crippen LogP contribution in [-0.4, -0.2) is 30.1 Å². The van der Waals surface area contributed by atoms with Crippen molar-refractivity contribution in [3.63, 3.8) is 0 Å². The molecule has 1 amide bonds. The van der Waals surface area contributed by atoms with Gasteiger partial charge in [-0.1, -0.05) is 0 Å². The molecule has 140 valence electrons. The summed E-state index contributed by atoms with van der Waals surface area (Å²) >= 11 is 0. The Hall–Kier alpha value is -3.35. The van der Waals surface area contributed by atoms with Gasteiger partial charge >= 0.3 is 0 Å². The lowest BCUT2D eigenvalue weighted by molar-refractivity contribution is -0.116. The minimum Gasteiger partial charge on any atom is -0.497 e. The van der Waals surface area contributed by atoms with Crippen LogP contribution in [0.5, 0.6) is 11.5 Å². The zero-order valence-electron chi connectivity index (χ0n) is 15.5. The van der Waals surface area contributed by atoms with E-state index >= 15 is 0 Å². The van der Waals surface area contributed by atoms with Crippen molar-refractivity contribution in [1.82, 2.24) is 9.97 Å². The summed E-state index contributed by atoms with van der Waals surface area (Å²) in [6, 6.07) is 9.25. The third-order valence-electron chi connectivity index (χ3n) is 4.02.